The van der Waals surface area contributed by atoms with Crippen LogP contribution in [-0.4, -0.2) is 47.2 Å². The molecule has 37 heavy (non-hydrogen) atoms. The van der Waals surface area contributed by atoms with Crippen LogP contribution in [0.4, 0.5) is 15.8 Å². The van der Waals surface area contributed by atoms with E-state index in [1.807, 2.05) is 0 Å². The van der Waals surface area contributed by atoms with E-state index < -0.39 is 27.7 Å². The van der Waals surface area contributed by atoms with E-state index in [9.17, 15) is 22.4 Å². The molecule has 3 aromatic carbocycles. The molecule has 1 amide bonds. The zero-order chi connectivity index (χ0) is 26.7. The van der Waals surface area contributed by atoms with Crippen molar-refractivity contribution in [1.82, 2.24) is 0 Å². The van der Waals surface area contributed by atoms with Crippen LogP contribution in [0, 0.1) is 12.7 Å². The lowest BCUT2D eigenvalue weighted by molar-refractivity contribution is 0.0521. The molecular formula is C26H25FN2O7S. The van der Waals surface area contributed by atoms with Crippen molar-refractivity contribution in [1.29, 1.82) is 0 Å². The Bertz CT molecular complexity index is 1470. The zero-order valence-electron chi connectivity index (χ0n) is 20.4. The quantitative estimate of drug-likeness (QED) is 0.459. The number of hydrogen-bond acceptors (Lipinski definition) is 7. The van der Waals surface area contributed by atoms with Gasteiger partial charge in [0.05, 0.1) is 31.5 Å². The summed E-state index contributed by atoms with van der Waals surface area (Å²) >= 11 is 0. The minimum Gasteiger partial charge on any atom is -0.495 e. The highest BCUT2D eigenvalue weighted by Gasteiger charge is 2.33. The second kappa shape index (κ2) is 10.5. The highest BCUT2D eigenvalue weighted by molar-refractivity contribution is 7.93. The molecule has 1 aliphatic heterocycles. The lowest BCUT2D eigenvalue weighted by Gasteiger charge is -2.31. The average Bonchev–Trinajstić information content (AvgIpc) is 2.88. The number of rotatable bonds is 7. The number of halogens is 1. The monoisotopic (exact) mass is 528 g/mol. The summed E-state index contributed by atoms with van der Waals surface area (Å²) in [5.74, 6) is -1.77. The van der Waals surface area contributed by atoms with Crippen LogP contribution in [-0.2, 0) is 14.8 Å². The van der Waals surface area contributed by atoms with Crippen molar-refractivity contribution in [3.63, 3.8) is 0 Å². The summed E-state index contributed by atoms with van der Waals surface area (Å²) in [6, 6.07) is 12.8. The largest absolute Gasteiger partial charge is 0.495 e. The van der Waals surface area contributed by atoms with Gasteiger partial charge in [-0.25, -0.2) is 17.6 Å². The van der Waals surface area contributed by atoms with Gasteiger partial charge in [0, 0.05) is 11.3 Å². The molecule has 194 valence electrons. The van der Waals surface area contributed by atoms with Crippen LogP contribution >= 0.6 is 0 Å². The van der Waals surface area contributed by atoms with E-state index in [0.29, 0.717) is 5.75 Å². The molecule has 0 radical (unpaired) electrons. The van der Waals surface area contributed by atoms with Gasteiger partial charge in [0.1, 0.15) is 28.8 Å². The third kappa shape index (κ3) is 5.21. The summed E-state index contributed by atoms with van der Waals surface area (Å²) in [6.45, 7) is 3.63. The molecule has 0 unspecified atom stereocenters. The standard InChI is InChI=1S/C26H25FN2O7S/c1-4-35-26(31)19-8-7-18(15-20(19)27)28-25(30)17-6-10-22-21(14-17)29(11-12-36-22)37(32,33)24-13-16(2)5-9-23(24)34-3/h5-10,13-15H,4,11-12H2,1-3H3,(H,28,30). The van der Waals surface area contributed by atoms with E-state index in [2.05, 4.69) is 5.32 Å². The van der Waals surface area contributed by atoms with E-state index >= 15 is 0 Å². The molecule has 0 aliphatic carbocycles. The lowest BCUT2D eigenvalue weighted by atomic mass is 10.1. The highest BCUT2D eigenvalue weighted by Crippen LogP contribution is 2.38. The number of nitrogens with zero attached hydrogens (tertiary/aromatic N) is 1. The fourth-order valence-corrected chi connectivity index (χ4v) is 5.55. The van der Waals surface area contributed by atoms with Gasteiger partial charge in [-0.05, 0) is 67.9 Å². The van der Waals surface area contributed by atoms with Crippen molar-refractivity contribution in [2.75, 3.05) is 36.5 Å². The van der Waals surface area contributed by atoms with Crippen molar-refractivity contribution < 1.29 is 36.6 Å². The maximum Gasteiger partial charge on any atom is 0.341 e. The number of fused-ring (bicyclic) bond motifs is 1. The van der Waals surface area contributed by atoms with E-state index in [1.54, 1.807) is 26.0 Å². The molecule has 0 saturated carbocycles. The van der Waals surface area contributed by atoms with E-state index in [0.717, 1.165) is 11.6 Å². The topological polar surface area (TPSA) is 111 Å². The summed E-state index contributed by atoms with van der Waals surface area (Å²) in [4.78, 5) is 24.8. The number of sulfonamides is 1. The lowest BCUT2D eigenvalue weighted by Crippen LogP contribution is -2.38. The van der Waals surface area contributed by atoms with E-state index in [-0.39, 0.29) is 52.9 Å². The van der Waals surface area contributed by atoms with Crippen LogP contribution in [0.15, 0.2) is 59.5 Å². The molecule has 1 N–H and O–H groups in total. The Kier molecular flexibility index (Phi) is 7.35. The number of ether oxygens (including phenoxy) is 3. The number of nitrogens with one attached hydrogen (secondary N) is 1. The zero-order valence-corrected chi connectivity index (χ0v) is 21.2. The molecule has 4 rings (SSSR count). The van der Waals surface area contributed by atoms with Gasteiger partial charge in [-0.1, -0.05) is 6.07 Å². The normalized spacial score (nSPS) is 12.8. The summed E-state index contributed by atoms with van der Waals surface area (Å²) in [7, 11) is -2.67. The molecule has 1 heterocycles. The minimum atomic E-state index is -4.06. The maximum absolute atomic E-state index is 14.4. The number of anilines is 2. The number of aryl methyl sites for hydroxylation is 1. The Morgan fingerprint density at radius 1 is 1.11 bits per heavy atom. The van der Waals surface area contributed by atoms with Gasteiger partial charge in [0.25, 0.3) is 15.9 Å². The highest BCUT2D eigenvalue weighted by atomic mass is 32.2. The summed E-state index contributed by atoms with van der Waals surface area (Å²) in [5.41, 5.74) is 0.903. The van der Waals surface area contributed by atoms with Crippen LogP contribution in [0.25, 0.3) is 0 Å². The number of methoxy groups -OCH3 is 1. The summed E-state index contributed by atoms with van der Waals surface area (Å²) in [5, 5.41) is 2.56. The first-order valence-corrected chi connectivity index (χ1v) is 12.8. The fourth-order valence-electron chi connectivity index (χ4n) is 3.86. The number of carbonyl (C=O) groups excluding carboxylic acids is 2. The predicted molar refractivity (Wildman–Crippen MR) is 135 cm³/mol. The van der Waals surface area contributed by atoms with Crippen molar-refractivity contribution in [3.8, 4) is 11.5 Å². The van der Waals surface area contributed by atoms with Crippen molar-refractivity contribution in [3.05, 3.63) is 77.1 Å². The molecule has 0 fully saturated rings. The average molecular weight is 529 g/mol. The van der Waals surface area contributed by atoms with E-state index in [1.165, 1.54) is 47.8 Å². The Morgan fingerprint density at radius 3 is 2.59 bits per heavy atom. The summed E-state index contributed by atoms with van der Waals surface area (Å²) < 4.78 is 58.5. The number of benzene rings is 3. The molecule has 11 heteroatoms. The second-order valence-corrected chi connectivity index (χ2v) is 9.96. The number of carbonyl (C=O) groups is 2. The smallest absolute Gasteiger partial charge is 0.341 e. The Morgan fingerprint density at radius 2 is 1.89 bits per heavy atom. The number of hydrogen-bond donors (Lipinski definition) is 1. The van der Waals surface area contributed by atoms with Gasteiger partial charge in [-0.15, -0.1) is 0 Å². The molecule has 0 aromatic heterocycles. The van der Waals surface area contributed by atoms with Crippen LogP contribution in [0.2, 0.25) is 0 Å². The Labute approximate surface area is 213 Å². The van der Waals surface area contributed by atoms with Crippen LogP contribution in [0.3, 0.4) is 0 Å². The Balaban J connectivity index is 1.64. The van der Waals surface area contributed by atoms with Gasteiger partial charge in [0.15, 0.2) is 0 Å². The van der Waals surface area contributed by atoms with Crippen LogP contribution in [0.5, 0.6) is 11.5 Å². The number of amides is 1. The third-order valence-electron chi connectivity index (χ3n) is 5.65. The molecule has 0 atom stereocenters. The minimum absolute atomic E-state index is 0.00475. The predicted octanol–water partition coefficient (Wildman–Crippen LogP) is 4.16. The van der Waals surface area contributed by atoms with Gasteiger partial charge < -0.3 is 19.5 Å². The second-order valence-electron chi connectivity index (χ2n) is 8.13. The maximum atomic E-state index is 14.4. The van der Waals surface area contributed by atoms with Crippen molar-refractivity contribution in [2.45, 2.75) is 18.7 Å². The molecule has 9 nitrogen and oxygen atoms in total. The first-order valence-electron chi connectivity index (χ1n) is 11.4. The molecule has 3 aromatic rings. The van der Waals surface area contributed by atoms with Crippen molar-refractivity contribution in [2.24, 2.45) is 0 Å². The van der Waals surface area contributed by atoms with Crippen molar-refractivity contribution >= 4 is 33.3 Å². The first kappa shape index (κ1) is 26.0. The molecule has 0 spiro atoms. The molecule has 1 aliphatic rings. The molecule has 0 saturated heterocycles. The van der Waals surface area contributed by atoms with Crippen LogP contribution in [0.1, 0.15) is 33.2 Å². The SMILES string of the molecule is CCOC(=O)c1ccc(NC(=O)c2ccc3c(c2)N(S(=O)(=O)c2cc(C)ccc2OC)CCO3)cc1F. The van der Waals surface area contributed by atoms with E-state index in [4.69, 9.17) is 14.2 Å². The van der Waals surface area contributed by atoms with Gasteiger partial charge in [-0.2, -0.15) is 0 Å². The summed E-state index contributed by atoms with van der Waals surface area (Å²) in [6.07, 6.45) is 0. The van der Waals surface area contributed by atoms with Gasteiger partial charge in [0.2, 0.25) is 0 Å². The number of esters is 1. The fraction of sp³-hybridized carbons (Fsp3) is 0.231. The van der Waals surface area contributed by atoms with Gasteiger partial charge in [-0.3, -0.25) is 9.10 Å². The van der Waals surface area contributed by atoms with Gasteiger partial charge >= 0.3 is 5.97 Å². The Hall–Kier alpha value is -4.12. The molecule has 0 bridgehead atoms. The third-order valence-corrected chi connectivity index (χ3v) is 7.49. The van der Waals surface area contributed by atoms with Crippen LogP contribution < -0.4 is 19.1 Å². The first-order chi connectivity index (χ1) is 17.6. The molecular weight excluding hydrogens is 503 g/mol.